The predicted octanol–water partition coefficient (Wildman–Crippen LogP) is 0.988. The van der Waals surface area contributed by atoms with Crippen LogP contribution in [0.2, 0.25) is 0 Å². The van der Waals surface area contributed by atoms with Crippen molar-refractivity contribution in [2.45, 2.75) is 26.1 Å². The summed E-state index contributed by atoms with van der Waals surface area (Å²) in [5.74, 6) is -0.0679. The first-order valence-electron chi connectivity index (χ1n) is 8.23. The Morgan fingerprint density at radius 3 is 2.75 bits per heavy atom. The Morgan fingerprint density at radius 2 is 2.04 bits per heavy atom. The summed E-state index contributed by atoms with van der Waals surface area (Å²) in [5.41, 5.74) is 2.39. The van der Waals surface area contributed by atoms with E-state index in [0.717, 1.165) is 38.4 Å². The van der Waals surface area contributed by atoms with Crippen molar-refractivity contribution in [2.75, 3.05) is 26.3 Å². The van der Waals surface area contributed by atoms with E-state index in [0.29, 0.717) is 6.54 Å². The van der Waals surface area contributed by atoms with Gasteiger partial charge in [0.1, 0.15) is 18.7 Å². The van der Waals surface area contributed by atoms with Crippen LogP contribution >= 0.6 is 0 Å². The predicted molar refractivity (Wildman–Crippen MR) is 89.1 cm³/mol. The maximum atomic E-state index is 12.3. The Hall–Kier alpha value is -2.25. The van der Waals surface area contributed by atoms with Crippen LogP contribution in [-0.4, -0.2) is 51.9 Å². The zero-order valence-electron chi connectivity index (χ0n) is 13.9. The van der Waals surface area contributed by atoms with E-state index in [2.05, 4.69) is 32.4 Å². The third-order valence-corrected chi connectivity index (χ3v) is 4.28. The summed E-state index contributed by atoms with van der Waals surface area (Å²) >= 11 is 0. The third-order valence-electron chi connectivity index (χ3n) is 4.28. The first kappa shape index (κ1) is 16.6. The molecule has 2 aromatic rings. The van der Waals surface area contributed by atoms with Crippen molar-refractivity contribution >= 4 is 5.91 Å². The van der Waals surface area contributed by atoms with Crippen molar-refractivity contribution in [1.29, 1.82) is 0 Å². The summed E-state index contributed by atoms with van der Waals surface area (Å²) in [7, 11) is 0. The molecule has 128 valence electrons. The second-order valence-electron chi connectivity index (χ2n) is 5.93. The van der Waals surface area contributed by atoms with Crippen LogP contribution in [0.3, 0.4) is 0 Å². The summed E-state index contributed by atoms with van der Waals surface area (Å²) < 4.78 is 6.95. The van der Waals surface area contributed by atoms with E-state index in [4.69, 9.17) is 4.74 Å². The number of hydrogen-bond donors (Lipinski definition) is 1. The second-order valence-corrected chi connectivity index (χ2v) is 5.93. The molecule has 1 unspecified atom stereocenters. The van der Waals surface area contributed by atoms with Crippen molar-refractivity contribution in [3.05, 3.63) is 48.0 Å². The van der Waals surface area contributed by atoms with Crippen LogP contribution in [0.15, 0.2) is 36.9 Å². The fourth-order valence-corrected chi connectivity index (χ4v) is 2.75. The minimum atomic E-state index is -0.376. The molecule has 1 atom stereocenters. The minimum absolute atomic E-state index is 0.0679. The van der Waals surface area contributed by atoms with E-state index < -0.39 is 0 Å². The van der Waals surface area contributed by atoms with Gasteiger partial charge in [-0.2, -0.15) is 5.10 Å². The van der Waals surface area contributed by atoms with Crippen LogP contribution in [0.1, 0.15) is 24.1 Å². The van der Waals surface area contributed by atoms with Gasteiger partial charge in [0.2, 0.25) is 5.91 Å². The number of rotatable bonds is 6. The normalized spacial score (nSPS) is 16.7. The van der Waals surface area contributed by atoms with Crippen LogP contribution in [0.5, 0.6) is 0 Å². The molecule has 0 bridgehead atoms. The molecule has 1 aliphatic heterocycles. The molecule has 0 saturated carbocycles. The largest absolute Gasteiger partial charge is 0.379 e. The number of benzene rings is 1. The van der Waals surface area contributed by atoms with Gasteiger partial charge in [-0.3, -0.25) is 9.69 Å². The lowest BCUT2D eigenvalue weighted by molar-refractivity contribution is -0.124. The summed E-state index contributed by atoms with van der Waals surface area (Å²) in [4.78, 5) is 18.5. The lowest BCUT2D eigenvalue weighted by Gasteiger charge is -2.27. The van der Waals surface area contributed by atoms with Gasteiger partial charge in [-0.25, -0.2) is 9.67 Å². The Kier molecular flexibility index (Phi) is 5.55. The van der Waals surface area contributed by atoms with E-state index in [1.54, 1.807) is 11.0 Å². The van der Waals surface area contributed by atoms with Crippen LogP contribution in [-0.2, 0) is 22.6 Å². The maximum absolute atomic E-state index is 12.3. The molecule has 7 heteroatoms. The van der Waals surface area contributed by atoms with Crippen molar-refractivity contribution in [2.24, 2.45) is 0 Å². The Bertz CT molecular complexity index is 653. The number of aromatic nitrogens is 3. The Balaban J connectivity index is 1.59. The van der Waals surface area contributed by atoms with Crippen molar-refractivity contribution < 1.29 is 9.53 Å². The molecule has 0 spiro atoms. The highest BCUT2D eigenvalue weighted by Gasteiger charge is 2.16. The number of morpholine rings is 1. The van der Waals surface area contributed by atoms with Crippen molar-refractivity contribution in [3.8, 4) is 0 Å². The fourth-order valence-electron chi connectivity index (χ4n) is 2.75. The standard InChI is InChI=1S/C17H23N5O2/c1-14(22-13-18-12-20-22)17(23)19-10-15-4-2-3-5-16(15)11-21-6-8-24-9-7-21/h2-5,12-14H,6-11H2,1H3,(H,19,23). The molecule has 0 radical (unpaired) electrons. The molecule has 1 N–H and O–H groups in total. The van der Waals surface area contributed by atoms with E-state index in [-0.39, 0.29) is 11.9 Å². The van der Waals surface area contributed by atoms with E-state index in [1.807, 2.05) is 19.1 Å². The number of carbonyl (C=O) groups excluding carboxylic acids is 1. The second kappa shape index (κ2) is 8.03. The van der Waals surface area contributed by atoms with Crippen LogP contribution in [0.25, 0.3) is 0 Å². The number of amides is 1. The van der Waals surface area contributed by atoms with E-state index >= 15 is 0 Å². The molecule has 1 aromatic carbocycles. The smallest absolute Gasteiger partial charge is 0.244 e. The zero-order chi connectivity index (χ0) is 16.8. The van der Waals surface area contributed by atoms with Crippen LogP contribution < -0.4 is 5.32 Å². The van der Waals surface area contributed by atoms with Crippen molar-refractivity contribution in [3.63, 3.8) is 0 Å². The number of ether oxygens (including phenoxy) is 1. The average molecular weight is 329 g/mol. The van der Waals surface area contributed by atoms with Crippen LogP contribution in [0, 0.1) is 0 Å². The molecule has 1 fully saturated rings. The van der Waals surface area contributed by atoms with Gasteiger partial charge < -0.3 is 10.1 Å². The highest BCUT2D eigenvalue weighted by Crippen LogP contribution is 2.13. The summed E-state index contributed by atoms with van der Waals surface area (Å²) in [6, 6.07) is 7.86. The lowest BCUT2D eigenvalue weighted by atomic mass is 10.1. The van der Waals surface area contributed by atoms with Gasteiger partial charge in [-0.15, -0.1) is 0 Å². The molecule has 1 saturated heterocycles. The first-order valence-corrected chi connectivity index (χ1v) is 8.23. The lowest BCUT2D eigenvalue weighted by Crippen LogP contribution is -2.36. The molecular weight excluding hydrogens is 306 g/mol. The molecule has 1 aliphatic rings. The van der Waals surface area contributed by atoms with Gasteiger partial charge >= 0.3 is 0 Å². The number of nitrogens with zero attached hydrogens (tertiary/aromatic N) is 4. The van der Waals surface area contributed by atoms with E-state index in [1.165, 1.54) is 11.9 Å². The Labute approximate surface area is 141 Å². The molecule has 7 nitrogen and oxygen atoms in total. The average Bonchev–Trinajstić information content (AvgIpc) is 3.15. The first-order chi connectivity index (χ1) is 11.7. The van der Waals surface area contributed by atoms with Gasteiger partial charge in [0, 0.05) is 26.2 Å². The molecule has 3 rings (SSSR count). The SMILES string of the molecule is CC(C(=O)NCc1ccccc1CN1CCOCC1)n1cncn1. The highest BCUT2D eigenvalue weighted by atomic mass is 16.5. The van der Waals surface area contributed by atoms with Crippen molar-refractivity contribution in [1.82, 2.24) is 25.0 Å². The van der Waals surface area contributed by atoms with Gasteiger partial charge in [0.05, 0.1) is 13.2 Å². The van der Waals surface area contributed by atoms with Gasteiger partial charge in [0.15, 0.2) is 0 Å². The number of nitrogens with one attached hydrogen (secondary N) is 1. The monoisotopic (exact) mass is 329 g/mol. The molecule has 24 heavy (non-hydrogen) atoms. The molecular formula is C17H23N5O2. The zero-order valence-corrected chi connectivity index (χ0v) is 13.9. The topological polar surface area (TPSA) is 72.3 Å². The quantitative estimate of drug-likeness (QED) is 0.855. The molecule has 1 aromatic heterocycles. The number of hydrogen-bond acceptors (Lipinski definition) is 5. The van der Waals surface area contributed by atoms with Gasteiger partial charge in [-0.1, -0.05) is 24.3 Å². The fraction of sp³-hybridized carbons (Fsp3) is 0.471. The number of carbonyl (C=O) groups is 1. The highest BCUT2D eigenvalue weighted by molar-refractivity contribution is 5.79. The minimum Gasteiger partial charge on any atom is -0.379 e. The summed E-state index contributed by atoms with van der Waals surface area (Å²) in [6.45, 7) is 6.67. The van der Waals surface area contributed by atoms with Gasteiger partial charge in [0.25, 0.3) is 0 Å². The van der Waals surface area contributed by atoms with Crippen LogP contribution in [0.4, 0.5) is 0 Å². The molecule has 1 amide bonds. The molecule has 0 aliphatic carbocycles. The molecule has 2 heterocycles. The van der Waals surface area contributed by atoms with E-state index in [9.17, 15) is 4.79 Å². The third kappa shape index (κ3) is 4.18. The summed E-state index contributed by atoms with van der Waals surface area (Å²) in [6.07, 6.45) is 2.98. The Morgan fingerprint density at radius 1 is 1.29 bits per heavy atom. The van der Waals surface area contributed by atoms with Gasteiger partial charge in [-0.05, 0) is 18.1 Å². The maximum Gasteiger partial charge on any atom is 0.244 e. The summed E-state index contributed by atoms with van der Waals surface area (Å²) in [5, 5.41) is 7.01.